The third kappa shape index (κ3) is 3.13. The number of amides is 1. The van der Waals surface area contributed by atoms with Crippen LogP contribution in [0.2, 0.25) is 0 Å². The number of hydrogen-bond donors (Lipinski definition) is 4. The molecule has 0 radical (unpaired) electrons. The number of nitrogen functional groups attached to an aromatic ring is 1. The molecule has 0 saturated carbocycles. The number of aromatic amines is 1. The van der Waals surface area contributed by atoms with Crippen LogP contribution in [-0.2, 0) is 6.42 Å². The Morgan fingerprint density at radius 3 is 2.76 bits per heavy atom. The Kier molecular flexibility index (Phi) is 4.38. The SMILES string of the molecule is CCc1[nH]nc(C(=O)NCC(O)C(F)F)c1N. The fourth-order valence-electron chi connectivity index (χ4n) is 1.20. The summed E-state index contributed by atoms with van der Waals surface area (Å²) in [6.07, 6.45) is -4.23. The first kappa shape index (κ1) is 13.4. The molecule has 0 aliphatic carbocycles. The number of nitrogens with two attached hydrogens (primary N) is 1. The first-order valence-electron chi connectivity index (χ1n) is 5.04. The summed E-state index contributed by atoms with van der Waals surface area (Å²) < 4.78 is 23.9. The van der Waals surface area contributed by atoms with Crippen LogP contribution in [0.1, 0.15) is 23.1 Å². The Morgan fingerprint density at radius 2 is 2.29 bits per heavy atom. The largest absolute Gasteiger partial charge is 0.395 e. The number of hydrogen-bond acceptors (Lipinski definition) is 4. The van der Waals surface area contributed by atoms with Crippen molar-refractivity contribution in [2.24, 2.45) is 0 Å². The van der Waals surface area contributed by atoms with Crippen LogP contribution >= 0.6 is 0 Å². The summed E-state index contributed by atoms with van der Waals surface area (Å²) in [5, 5.41) is 17.2. The number of nitrogens with one attached hydrogen (secondary N) is 2. The second-order valence-corrected chi connectivity index (χ2v) is 3.43. The summed E-state index contributed by atoms with van der Waals surface area (Å²) in [5.41, 5.74) is 6.36. The molecule has 1 heterocycles. The number of H-pyrrole nitrogens is 1. The van der Waals surface area contributed by atoms with Crippen molar-refractivity contribution in [1.82, 2.24) is 15.5 Å². The molecule has 0 bridgehead atoms. The standard InChI is InChI=1S/C9H14F2N4O2/c1-2-4-6(12)7(15-14-4)9(17)13-3-5(16)8(10)11/h5,8,16H,2-3,12H2,1H3,(H,13,17)(H,14,15). The second-order valence-electron chi connectivity index (χ2n) is 3.43. The van der Waals surface area contributed by atoms with E-state index in [1.54, 1.807) is 0 Å². The molecular formula is C9H14F2N4O2. The molecule has 0 aromatic carbocycles. The fourth-order valence-corrected chi connectivity index (χ4v) is 1.20. The summed E-state index contributed by atoms with van der Waals surface area (Å²) in [6.45, 7) is 1.27. The van der Waals surface area contributed by atoms with Gasteiger partial charge in [-0.15, -0.1) is 0 Å². The number of nitrogens with zero attached hydrogens (tertiary/aromatic N) is 1. The molecule has 17 heavy (non-hydrogen) atoms. The van der Waals surface area contributed by atoms with Crippen molar-refractivity contribution in [3.8, 4) is 0 Å². The van der Waals surface area contributed by atoms with Crippen molar-refractivity contribution in [3.63, 3.8) is 0 Å². The van der Waals surface area contributed by atoms with Crippen LogP contribution in [0, 0.1) is 0 Å². The van der Waals surface area contributed by atoms with Gasteiger partial charge in [0, 0.05) is 6.54 Å². The minimum absolute atomic E-state index is 0.0525. The Labute approximate surface area is 96.2 Å². The van der Waals surface area contributed by atoms with Gasteiger partial charge in [0.05, 0.1) is 11.4 Å². The number of aliphatic hydroxyl groups excluding tert-OH is 1. The number of aliphatic hydroxyl groups is 1. The quantitative estimate of drug-likeness (QED) is 0.584. The minimum Gasteiger partial charge on any atom is -0.395 e. The molecule has 1 aromatic heterocycles. The van der Waals surface area contributed by atoms with E-state index in [9.17, 15) is 13.6 Å². The van der Waals surface area contributed by atoms with E-state index in [0.29, 0.717) is 12.1 Å². The molecule has 5 N–H and O–H groups in total. The maximum absolute atomic E-state index is 12.0. The summed E-state index contributed by atoms with van der Waals surface area (Å²) in [4.78, 5) is 11.5. The van der Waals surface area contributed by atoms with E-state index in [0.717, 1.165) is 0 Å². The number of anilines is 1. The number of alkyl halides is 2. The molecule has 0 saturated heterocycles. The van der Waals surface area contributed by atoms with E-state index in [-0.39, 0.29) is 11.4 Å². The van der Waals surface area contributed by atoms with Gasteiger partial charge in [0.15, 0.2) is 5.69 Å². The Balaban J connectivity index is 2.61. The van der Waals surface area contributed by atoms with Crippen molar-refractivity contribution in [2.75, 3.05) is 12.3 Å². The lowest BCUT2D eigenvalue weighted by molar-refractivity contribution is -0.00272. The molecule has 0 aliphatic heterocycles. The van der Waals surface area contributed by atoms with Gasteiger partial charge in [0.2, 0.25) is 0 Å². The van der Waals surface area contributed by atoms with Gasteiger partial charge in [-0.25, -0.2) is 8.78 Å². The number of carbonyl (C=O) groups excluding carboxylic acids is 1. The number of aromatic nitrogens is 2. The highest BCUT2D eigenvalue weighted by Gasteiger charge is 2.20. The van der Waals surface area contributed by atoms with Gasteiger partial charge in [-0.3, -0.25) is 9.89 Å². The Bertz CT molecular complexity index is 394. The summed E-state index contributed by atoms with van der Waals surface area (Å²) in [5.74, 6) is -0.696. The predicted molar refractivity (Wildman–Crippen MR) is 56.7 cm³/mol. The Morgan fingerprint density at radius 1 is 1.65 bits per heavy atom. The van der Waals surface area contributed by atoms with E-state index < -0.39 is 25.0 Å². The highest BCUT2D eigenvalue weighted by atomic mass is 19.3. The molecular weight excluding hydrogens is 234 g/mol. The zero-order valence-corrected chi connectivity index (χ0v) is 9.20. The first-order valence-corrected chi connectivity index (χ1v) is 5.04. The highest BCUT2D eigenvalue weighted by Crippen LogP contribution is 2.14. The molecule has 1 amide bonds. The lowest BCUT2D eigenvalue weighted by Gasteiger charge is -2.09. The zero-order valence-electron chi connectivity index (χ0n) is 9.20. The second kappa shape index (κ2) is 5.58. The number of aryl methyl sites for hydroxylation is 1. The number of rotatable bonds is 5. The van der Waals surface area contributed by atoms with Crippen molar-refractivity contribution in [2.45, 2.75) is 25.9 Å². The van der Waals surface area contributed by atoms with Gasteiger partial charge in [0.25, 0.3) is 12.3 Å². The van der Waals surface area contributed by atoms with Crippen LogP contribution in [0.5, 0.6) is 0 Å². The van der Waals surface area contributed by atoms with E-state index in [2.05, 4.69) is 15.5 Å². The zero-order chi connectivity index (χ0) is 13.0. The van der Waals surface area contributed by atoms with Gasteiger partial charge < -0.3 is 16.2 Å². The van der Waals surface area contributed by atoms with Crippen molar-refractivity contribution < 1.29 is 18.7 Å². The smallest absolute Gasteiger partial charge is 0.274 e. The monoisotopic (exact) mass is 248 g/mol. The van der Waals surface area contributed by atoms with Crippen molar-refractivity contribution in [1.29, 1.82) is 0 Å². The fraction of sp³-hybridized carbons (Fsp3) is 0.556. The van der Waals surface area contributed by atoms with Crippen LogP contribution in [0.3, 0.4) is 0 Å². The normalized spacial score (nSPS) is 12.8. The van der Waals surface area contributed by atoms with Crippen LogP contribution in [-0.4, -0.2) is 40.3 Å². The van der Waals surface area contributed by atoms with E-state index >= 15 is 0 Å². The lowest BCUT2D eigenvalue weighted by Crippen LogP contribution is -2.36. The summed E-state index contributed by atoms with van der Waals surface area (Å²) in [7, 11) is 0. The maximum atomic E-state index is 12.0. The topological polar surface area (TPSA) is 104 Å². The van der Waals surface area contributed by atoms with Crippen molar-refractivity contribution in [3.05, 3.63) is 11.4 Å². The predicted octanol–water partition coefficient (Wildman–Crippen LogP) is -0.0899. The average molecular weight is 248 g/mol. The molecule has 1 aromatic rings. The lowest BCUT2D eigenvalue weighted by atomic mass is 10.2. The summed E-state index contributed by atoms with van der Waals surface area (Å²) >= 11 is 0. The molecule has 8 heteroatoms. The van der Waals surface area contributed by atoms with Gasteiger partial charge in [-0.2, -0.15) is 5.10 Å². The van der Waals surface area contributed by atoms with Crippen LogP contribution in [0.4, 0.5) is 14.5 Å². The van der Waals surface area contributed by atoms with Gasteiger partial charge in [-0.05, 0) is 6.42 Å². The molecule has 6 nitrogen and oxygen atoms in total. The molecule has 1 rings (SSSR count). The maximum Gasteiger partial charge on any atom is 0.274 e. The van der Waals surface area contributed by atoms with Gasteiger partial charge in [-0.1, -0.05) is 6.92 Å². The van der Waals surface area contributed by atoms with Crippen LogP contribution in [0.15, 0.2) is 0 Å². The van der Waals surface area contributed by atoms with E-state index in [1.807, 2.05) is 6.92 Å². The van der Waals surface area contributed by atoms with E-state index in [4.69, 9.17) is 10.8 Å². The minimum atomic E-state index is -2.90. The molecule has 1 unspecified atom stereocenters. The number of carbonyl (C=O) groups is 1. The molecule has 0 spiro atoms. The number of halogens is 2. The Hall–Kier alpha value is -1.70. The molecule has 0 fully saturated rings. The molecule has 96 valence electrons. The average Bonchev–Trinajstić information content (AvgIpc) is 2.66. The third-order valence-corrected chi connectivity index (χ3v) is 2.21. The van der Waals surface area contributed by atoms with Crippen LogP contribution in [0.25, 0.3) is 0 Å². The third-order valence-electron chi connectivity index (χ3n) is 2.21. The van der Waals surface area contributed by atoms with Gasteiger partial charge >= 0.3 is 0 Å². The summed E-state index contributed by atoms with van der Waals surface area (Å²) in [6, 6.07) is 0. The van der Waals surface area contributed by atoms with Gasteiger partial charge in [0.1, 0.15) is 6.10 Å². The first-order chi connectivity index (χ1) is 7.97. The van der Waals surface area contributed by atoms with E-state index in [1.165, 1.54) is 0 Å². The highest BCUT2D eigenvalue weighted by molar-refractivity contribution is 5.97. The molecule has 0 aliphatic rings. The molecule has 1 atom stereocenters. The van der Waals surface area contributed by atoms with Crippen LogP contribution < -0.4 is 11.1 Å². The van der Waals surface area contributed by atoms with Crippen molar-refractivity contribution >= 4 is 11.6 Å².